The van der Waals surface area contributed by atoms with Crippen LogP contribution in [0.15, 0.2) is 18.2 Å². The highest BCUT2D eigenvalue weighted by atomic mass is 35.5. The molecule has 1 atom stereocenters. The van der Waals surface area contributed by atoms with E-state index >= 15 is 0 Å². The van der Waals surface area contributed by atoms with E-state index in [0.717, 1.165) is 29.7 Å². The molecular formula is C20H21ClN2O5S. The van der Waals surface area contributed by atoms with Gasteiger partial charge in [-0.2, -0.15) is 0 Å². The summed E-state index contributed by atoms with van der Waals surface area (Å²) in [5, 5.41) is 14.6. The average Bonchev–Trinajstić information content (AvgIpc) is 3.02. The molecule has 1 aromatic heterocycles. The Bertz CT molecular complexity index is 972. The Morgan fingerprint density at radius 2 is 2.17 bits per heavy atom. The molecule has 2 aromatic rings. The van der Waals surface area contributed by atoms with Crippen LogP contribution in [0.1, 0.15) is 57.8 Å². The second-order valence-electron chi connectivity index (χ2n) is 7.06. The number of benzene rings is 1. The van der Waals surface area contributed by atoms with Crippen molar-refractivity contribution in [3.8, 4) is 0 Å². The van der Waals surface area contributed by atoms with Crippen LogP contribution in [0, 0.1) is 16.0 Å². The van der Waals surface area contributed by atoms with Gasteiger partial charge < -0.3 is 10.1 Å². The minimum Gasteiger partial charge on any atom is -0.462 e. The maximum absolute atomic E-state index is 12.8. The van der Waals surface area contributed by atoms with Gasteiger partial charge in [-0.05, 0) is 49.3 Å². The van der Waals surface area contributed by atoms with Gasteiger partial charge in [-0.15, -0.1) is 11.3 Å². The molecule has 0 fully saturated rings. The molecule has 0 bridgehead atoms. The van der Waals surface area contributed by atoms with Crippen LogP contribution in [0.3, 0.4) is 0 Å². The summed E-state index contributed by atoms with van der Waals surface area (Å²) in [6.45, 7) is 4.33. The van der Waals surface area contributed by atoms with E-state index in [-0.39, 0.29) is 22.9 Å². The minimum atomic E-state index is -0.685. The maximum Gasteiger partial charge on any atom is 0.341 e. The number of fused-ring (bicyclic) bond motifs is 1. The lowest BCUT2D eigenvalue weighted by Crippen LogP contribution is -2.17. The summed E-state index contributed by atoms with van der Waals surface area (Å²) in [5.41, 5.74) is 0.764. The number of carbonyl (C=O) groups excluding carboxylic acids is 2. The monoisotopic (exact) mass is 436 g/mol. The van der Waals surface area contributed by atoms with Gasteiger partial charge in [-0.1, -0.05) is 25.4 Å². The van der Waals surface area contributed by atoms with Crippen LogP contribution in [-0.4, -0.2) is 23.4 Å². The largest absolute Gasteiger partial charge is 0.462 e. The highest BCUT2D eigenvalue weighted by Gasteiger charge is 2.30. The van der Waals surface area contributed by atoms with Gasteiger partial charge in [-0.25, -0.2) is 4.79 Å². The van der Waals surface area contributed by atoms with Crippen molar-refractivity contribution >= 4 is 45.5 Å². The summed E-state index contributed by atoms with van der Waals surface area (Å²) in [6, 6.07) is 3.80. The quantitative estimate of drug-likeness (QED) is 0.378. The molecule has 1 aliphatic rings. The molecule has 1 aromatic carbocycles. The first-order valence-corrected chi connectivity index (χ1v) is 10.6. The molecule has 154 valence electrons. The van der Waals surface area contributed by atoms with Crippen molar-refractivity contribution in [2.45, 2.75) is 39.5 Å². The van der Waals surface area contributed by atoms with Gasteiger partial charge in [0, 0.05) is 16.0 Å². The first kappa shape index (κ1) is 21.3. The summed E-state index contributed by atoms with van der Waals surface area (Å²) in [7, 11) is 0. The molecule has 9 heteroatoms. The summed E-state index contributed by atoms with van der Waals surface area (Å²) in [5.74, 6) is -0.677. The second-order valence-corrected chi connectivity index (χ2v) is 8.61. The van der Waals surface area contributed by atoms with Gasteiger partial charge in [0.2, 0.25) is 0 Å². The zero-order valence-electron chi connectivity index (χ0n) is 16.1. The van der Waals surface area contributed by atoms with E-state index in [0.29, 0.717) is 22.9 Å². The Kier molecular flexibility index (Phi) is 6.54. The summed E-state index contributed by atoms with van der Waals surface area (Å²) in [6.07, 6.45) is 3.19. The van der Waals surface area contributed by atoms with Gasteiger partial charge in [0.15, 0.2) is 0 Å². The minimum absolute atomic E-state index is 0.157. The SMILES string of the molecule is CCCOC(=O)c1c(NC(=O)c2cc(Cl)ccc2[N+](=O)[O-])sc2c1CCC(C)C2. The highest BCUT2D eigenvalue weighted by molar-refractivity contribution is 7.17. The number of thiophene rings is 1. The molecule has 7 nitrogen and oxygen atoms in total. The Hall–Kier alpha value is -2.45. The third-order valence-corrected chi connectivity index (χ3v) is 6.18. The van der Waals surface area contributed by atoms with Gasteiger partial charge in [0.05, 0.1) is 17.1 Å². The van der Waals surface area contributed by atoms with Crippen LogP contribution in [0.5, 0.6) is 0 Å². The van der Waals surface area contributed by atoms with Crippen molar-refractivity contribution in [3.05, 3.63) is 54.9 Å². The lowest BCUT2D eigenvalue weighted by atomic mass is 9.88. The number of nitro benzene ring substituents is 1. The third-order valence-electron chi connectivity index (χ3n) is 4.78. The lowest BCUT2D eigenvalue weighted by Gasteiger charge is -2.18. The zero-order valence-corrected chi connectivity index (χ0v) is 17.7. The number of nitrogens with one attached hydrogen (secondary N) is 1. The second kappa shape index (κ2) is 8.92. The first-order chi connectivity index (χ1) is 13.8. The number of esters is 1. The molecule has 3 rings (SSSR count). The molecule has 1 amide bonds. The fourth-order valence-corrected chi connectivity index (χ4v) is 4.91. The number of nitro groups is 1. The first-order valence-electron chi connectivity index (χ1n) is 9.38. The van der Waals surface area contributed by atoms with Crippen LogP contribution in [-0.2, 0) is 17.6 Å². The zero-order chi connectivity index (χ0) is 21.1. The number of ether oxygens (including phenoxy) is 1. The molecule has 0 aliphatic heterocycles. The maximum atomic E-state index is 12.8. The van der Waals surface area contributed by atoms with Crippen molar-refractivity contribution in [2.24, 2.45) is 5.92 Å². The van der Waals surface area contributed by atoms with Crippen LogP contribution < -0.4 is 5.32 Å². The number of hydrogen-bond donors (Lipinski definition) is 1. The molecule has 0 saturated heterocycles. The summed E-state index contributed by atoms with van der Waals surface area (Å²) < 4.78 is 5.32. The molecule has 29 heavy (non-hydrogen) atoms. The number of carbonyl (C=O) groups is 2. The molecule has 0 spiro atoms. The number of anilines is 1. The van der Waals surface area contributed by atoms with Crippen molar-refractivity contribution in [1.29, 1.82) is 0 Å². The summed E-state index contributed by atoms with van der Waals surface area (Å²) in [4.78, 5) is 37.2. The fourth-order valence-electron chi connectivity index (χ4n) is 3.34. The van der Waals surface area contributed by atoms with Crippen LogP contribution in [0.4, 0.5) is 10.7 Å². The lowest BCUT2D eigenvalue weighted by molar-refractivity contribution is -0.385. The predicted octanol–water partition coefficient (Wildman–Crippen LogP) is 5.25. The van der Waals surface area contributed by atoms with Gasteiger partial charge in [-0.3, -0.25) is 14.9 Å². The Labute approximate surface area is 177 Å². The number of nitrogens with zero attached hydrogens (tertiary/aromatic N) is 1. The van der Waals surface area contributed by atoms with E-state index in [1.807, 2.05) is 6.92 Å². The van der Waals surface area contributed by atoms with Crippen molar-refractivity contribution in [1.82, 2.24) is 0 Å². The smallest absolute Gasteiger partial charge is 0.341 e. The van der Waals surface area contributed by atoms with Crippen molar-refractivity contribution in [2.75, 3.05) is 11.9 Å². The molecule has 1 heterocycles. The molecule has 1 aliphatic carbocycles. The Morgan fingerprint density at radius 1 is 1.41 bits per heavy atom. The normalized spacial score (nSPS) is 15.5. The molecule has 1 unspecified atom stereocenters. The van der Waals surface area contributed by atoms with E-state index in [4.69, 9.17) is 16.3 Å². The molecule has 0 saturated carbocycles. The van der Waals surface area contributed by atoms with Crippen molar-refractivity contribution in [3.63, 3.8) is 0 Å². The van der Waals surface area contributed by atoms with Crippen LogP contribution in [0.25, 0.3) is 0 Å². The highest BCUT2D eigenvalue weighted by Crippen LogP contribution is 2.40. The summed E-state index contributed by atoms with van der Waals surface area (Å²) >= 11 is 7.27. The van der Waals surface area contributed by atoms with Crippen LogP contribution in [0.2, 0.25) is 5.02 Å². The standard InChI is InChI=1S/C20H21ClN2O5S/c1-3-8-28-20(25)17-13-6-4-11(2)9-16(13)29-19(17)22-18(24)14-10-12(21)5-7-15(14)23(26)27/h5,7,10-11H,3-4,6,8-9H2,1-2H3,(H,22,24). The van der Waals surface area contributed by atoms with Gasteiger partial charge in [0.25, 0.3) is 11.6 Å². The van der Waals surface area contributed by atoms with Crippen molar-refractivity contribution < 1.29 is 19.2 Å². The van der Waals surface area contributed by atoms with Gasteiger partial charge in [0.1, 0.15) is 10.6 Å². The predicted molar refractivity (Wildman–Crippen MR) is 112 cm³/mol. The van der Waals surface area contributed by atoms with E-state index < -0.39 is 16.8 Å². The van der Waals surface area contributed by atoms with Crippen LogP contribution >= 0.6 is 22.9 Å². The fraction of sp³-hybridized carbons (Fsp3) is 0.400. The van der Waals surface area contributed by atoms with E-state index in [2.05, 4.69) is 12.2 Å². The number of hydrogen-bond acceptors (Lipinski definition) is 6. The number of halogens is 1. The van der Waals surface area contributed by atoms with E-state index in [1.54, 1.807) is 0 Å². The molecule has 1 N–H and O–H groups in total. The van der Waals surface area contributed by atoms with E-state index in [1.165, 1.54) is 29.5 Å². The average molecular weight is 437 g/mol. The molecule has 0 radical (unpaired) electrons. The third kappa shape index (κ3) is 4.59. The Morgan fingerprint density at radius 3 is 2.86 bits per heavy atom. The molecular weight excluding hydrogens is 416 g/mol. The topological polar surface area (TPSA) is 98.5 Å². The van der Waals surface area contributed by atoms with E-state index in [9.17, 15) is 19.7 Å². The number of rotatable bonds is 6. The number of amides is 1. The Balaban J connectivity index is 1.99. The van der Waals surface area contributed by atoms with Gasteiger partial charge >= 0.3 is 5.97 Å².